The molecule has 0 bridgehead atoms. The molecule has 1 atom stereocenters. The Balaban J connectivity index is 1.56. The number of benzene rings is 3. The van der Waals surface area contributed by atoms with Gasteiger partial charge in [0.2, 0.25) is 11.8 Å². The van der Waals surface area contributed by atoms with Gasteiger partial charge in [-0.25, -0.2) is 4.98 Å². The van der Waals surface area contributed by atoms with Crippen molar-refractivity contribution in [2.24, 2.45) is 0 Å². The van der Waals surface area contributed by atoms with Gasteiger partial charge in [-0.1, -0.05) is 36.4 Å². The monoisotopic (exact) mass is 500 g/mol. The van der Waals surface area contributed by atoms with E-state index in [9.17, 15) is 9.59 Å². The van der Waals surface area contributed by atoms with Crippen molar-refractivity contribution < 1.29 is 19.1 Å². The summed E-state index contributed by atoms with van der Waals surface area (Å²) in [5.41, 5.74) is 3.26. The van der Waals surface area contributed by atoms with Gasteiger partial charge in [-0.05, 0) is 55.8 Å². The van der Waals surface area contributed by atoms with Crippen molar-refractivity contribution in [1.82, 2.24) is 14.9 Å². The highest BCUT2D eigenvalue weighted by Crippen LogP contribution is 2.28. The van der Waals surface area contributed by atoms with E-state index in [1.807, 2.05) is 79.1 Å². The van der Waals surface area contributed by atoms with Crippen molar-refractivity contribution in [3.63, 3.8) is 0 Å². The molecular formula is C29H32N4O4. The molecule has 37 heavy (non-hydrogen) atoms. The topological polar surface area (TPSA) is 85.7 Å². The van der Waals surface area contributed by atoms with E-state index in [0.717, 1.165) is 22.3 Å². The average Bonchev–Trinajstić information content (AvgIpc) is 3.28. The molecule has 0 radical (unpaired) electrons. The van der Waals surface area contributed by atoms with Gasteiger partial charge in [-0.3, -0.25) is 9.59 Å². The number of methoxy groups -OCH3 is 2. The van der Waals surface area contributed by atoms with Crippen LogP contribution in [0.1, 0.15) is 31.3 Å². The van der Waals surface area contributed by atoms with Gasteiger partial charge in [0, 0.05) is 12.2 Å². The SMILES string of the molecule is CCN(C(=O)Cn1c(C(C)NC(=O)Cc2ccc(OC)c(OC)c2)nc2ccccc21)c1ccccc1. The van der Waals surface area contributed by atoms with Crippen LogP contribution in [0.25, 0.3) is 11.0 Å². The lowest BCUT2D eigenvalue weighted by atomic mass is 10.1. The molecule has 3 aromatic carbocycles. The minimum Gasteiger partial charge on any atom is -0.493 e. The molecule has 0 saturated heterocycles. The van der Waals surface area contributed by atoms with Crippen molar-refractivity contribution in [3.05, 3.63) is 84.2 Å². The summed E-state index contributed by atoms with van der Waals surface area (Å²) >= 11 is 0. The maximum Gasteiger partial charge on any atom is 0.246 e. The maximum atomic E-state index is 13.4. The predicted molar refractivity (Wildman–Crippen MR) is 144 cm³/mol. The number of fused-ring (bicyclic) bond motifs is 1. The number of ether oxygens (including phenoxy) is 2. The molecule has 8 heteroatoms. The molecule has 0 aliphatic rings. The van der Waals surface area contributed by atoms with Crippen LogP contribution in [0.2, 0.25) is 0 Å². The van der Waals surface area contributed by atoms with E-state index in [1.54, 1.807) is 31.3 Å². The lowest BCUT2D eigenvalue weighted by Crippen LogP contribution is -2.35. The number of hydrogen-bond donors (Lipinski definition) is 1. The third-order valence-electron chi connectivity index (χ3n) is 6.24. The molecule has 2 amide bonds. The molecule has 1 aromatic heterocycles. The summed E-state index contributed by atoms with van der Waals surface area (Å²) in [4.78, 5) is 32.9. The second kappa shape index (κ2) is 11.6. The Kier molecular flexibility index (Phi) is 8.08. The van der Waals surface area contributed by atoms with Crippen molar-refractivity contribution in [2.75, 3.05) is 25.7 Å². The zero-order valence-corrected chi connectivity index (χ0v) is 21.6. The van der Waals surface area contributed by atoms with Gasteiger partial charge in [-0.2, -0.15) is 0 Å². The number of nitrogens with zero attached hydrogens (tertiary/aromatic N) is 3. The highest BCUT2D eigenvalue weighted by atomic mass is 16.5. The minimum atomic E-state index is -0.417. The highest BCUT2D eigenvalue weighted by Gasteiger charge is 2.22. The smallest absolute Gasteiger partial charge is 0.246 e. The van der Waals surface area contributed by atoms with Crippen LogP contribution in [-0.2, 0) is 22.6 Å². The van der Waals surface area contributed by atoms with E-state index in [1.165, 1.54) is 0 Å². The molecule has 4 aromatic rings. The largest absolute Gasteiger partial charge is 0.493 e. The lowest BCUT2D eigenvalue weighted by Gasteiger charge is -2.23. The van der Waals surface area contributed by atoms with E-state index in [2.05, 4.69) is 5.32 Å². The number of anilines is 1. The Morgan fingerprint density at radius 1 is 0.973 bits per heavy atom. The summed E-state index contributed by atoms with van der Waals surface area (Å²) < 4.78 is 12.5. The normalized spacial score (nSPS) is 11.7. The Bertz CT molecular complexity index is 1380. The third kappa shape index (κ3) is 5.74. The second-order valence-corrected chi connectivity index (χ2v) is 8.67. The number of carbonyl (C=O) groups excluding carboxylic acids is 2. The number of hydrogen-bond acceptors (Lipinski definition) is 5. The molecule has 8 nitrogen and oxygen atoms in total. The van der Waals surface area contributed by atoms with Crippen molar-refractivity contribution in [2.45, 2.75) is 32.9 Å². The number of aromatic nitrogens is 2. The van der Waals surface area contributed by atoms with Gasteiger partial charge >= 0.3 is 0 Å². The molecule has 0 aliphatic heterocycles. The van der Waals surface area contributed by atoms with E-state index in [4.69, 9.17) is 14.5 Å². The van der Waals surface area contributed by atoms with Gasteiger partial charge in [0.1, 0.15) is 12.4 Å². The van der Waals surface area contributed by atoms with Gasteiger partial charge in [0.25, 0.3) is 0 Å². The fourth-order valence-corrected chi connectivity index (χ4v) is 4.46. The summed E-state index contributed by atoms with van der Waals surface area (Å²) in [6.45, 7) is 4.48. The predicted octanol–water partition coefficient (Wildman–Crippen LogP) is 4.53. The summed E-state index contributed by atoms with van der Waals surface area (Å²) in [5.74, 6) is 1.58. The minimum absolute atomic E-state index is 0.0537. The van der Waals surface area contributed by atoms with Gasteiger partial charge in [0.05, 0.1) is 37.7 Å². The van der Waals surface area contributed by atoms with Crippen LogP contribution in [0.4, 0.5) is 5.69 Å². The van der Waals surface area contributed by atoms with Gasteiger partial charge in [-0.15, -0.1) is 0 Å². The summed E-state index contributed by atoms with van der Waals surface area (Å²) in [6, 6.07) is 22.3. The van der Waals surface area contributed by atoms with Crippen LogP contribution >= 0.6 is 0 Å². The number of likely N-dealkylation sites (N-methyl/N-ethyl adjacent to an activating group) is 1. The van der Waals surface area contributed by atoms with Crippen LogP contribution in [0.15, 0.2) is 72.8 Å². The molecule has 192 valence electrons. The zero-order chi connectivity index (χ0) is 26.4. The summed E-state index contributed by atoms with van der Waals surface area (Å²) in [6.07, 6.45) is 0.168. The number of para-hydroxylation sites is 3. The Morgan fingerprint density at radius 3 is 2.38 bits per heavy atom. The first kappa shape index (κ1) is 25.8. The van der Waals surface area contributed by atoms with Crippen molar-refractivity contribution >= 4 is 28.5 Å². The van der Waals surface area contributed by atoms with E-state index in [0.29, 0.717) is 23.9 Å². The number of amides is 2. The zero-order valence-electron chi connectivity index (χ0n) is 21.6. The van der Waals surface area contributed by atoms with Crippen LogP contribution in [0.3, 0.4) is 0 Å². The number of nitrogens with one attached hydrogen (secondary N) is 1. The molecule has 1 N–H and O–H groups in total. The maximum absolute atomic E-state index is 13.4. The Hall–Kier alpha value is -4.33. The molecule has 1 unspecified atom stereocenters. The van der Waals surface area contributed by atoms with Crippen molar-refractivity contribution in [1.29, 1.82) is 0 Å². The molecule has 1 heterocycles. The van der Waals surface area contributed by atoms with Gasteiger partial charge < -0.3 is 24.3 Å². The van der Waals surface area contributed by atoms with Crippen LogP contribution in [-0.4, -0.2) is 42.1 Å². The van der Waals surface area contributed by atoms with Crippen LogP contribution < -0.4 is 19.7 Å². The molecule has 0 aliphatic carbocycles. The quantitative estimate of drug-likeness (QED) is 0.346. The molecule has 0 spiro atoms. The van der Waals surface area contributed by atoms with Gasteiger partial charge in [0.15, 0.2) is 11.5 Å². The number of carbonyl (C=O) groups is 2. The molecule has 4 rings (SSSR count). The average molecular weight is 501 g/mol. The van der Waals surface area contributed by atoms with Crippen molar-refractivity contribution in [3.8, 4) is 11.5 Å². The highest BCUT2D eigenvalue weighted by molar-refractivity contribution is 5.94. The second-order valence-electron chi connectivity index (χ2n) is 8.67. The Labute approximate surface area is 216 Å². The first-order chi connectivity index (χ1) is 17.9. The fraction of sp³-hybridized carbons (Fsp3) is 0.276. The third-order valence-corrected chi connectivity index (χ3v) is 6.24. The fourth-order valence-electron chi connectivity index (χ4n) is 4.46. The summed E-state index contributed by atoms with van der Waals surface area (Å²) in [7, 11) is 3.13. The van der Waals surface area contributed by atoms with Crippen LogP contribution in [0.5, 0.6) is 11.5 Å². The first-order valence-electron chi connectivity index (χ1n) is 12.3. The van der Waals surface area contributed by atoms with E-state index in [-0.39, 0.29) is 24.8 Å². The molecular weight excluding hydrogens is 468 g/mol. The molecule has 0 fully saturated rings. The van der Waals surface area contributed by atoms with E-state index < -0.39 is 6.04 Å². The van der Waals surface area contributed by atoms with Crippen LogP contribution in [0, 0.1) is 0 Å². The summed E-state index contributed by atoms with van der Waals surface area (Å²) in [5, 5.41) is 3.04. The standard InChI is InChI=1S/C29H32N4O4/c1-5-32(22-11-7-6-8-12-22)28(35)19-33-24-14-10-9-13-23(24)31-29(33)20(2)30-27(34)18-21-15-16-25(36-3)26(17-21)37-4/h6-17,20H,5,18-19H2,1-4H3,(H,30,34). The lowest BCUT2D eigenvalue weighted by molar-refractivity contribution is -0.121. The number of imidazole rings is 1. The number of rotatable bonds is 10. The van der Waals surface area contributed by atoms with E-state index >= 15 is 0 Å². The first-order valence-corrected chi connectivity index (χ1v) is 12.3. The Morgan fingerprint density at radius 2 is 1.68 bits per heavy atom. The molecule has 0 saturated carbocycles.